The standard InChI is InChI=1S/C17H18N2/c1-2-3-5-10-16(12-17(13-18)14-19)11-15-8-6-4-7-9-15/h4,6-9,11-12H,2-3,5,10H2,1H3/b16-11-. The van der Waals surface area contributed by atoms with Gasteiger partial charge in [-0.3, -0.25) is 0 Å². The highest BCUT2D eigenvalue weighted by Gasteiger charge is 1.99. The smallest absolute Gasteiger partial charge is 0.129 e. The minimum absolute atomic E-state index is 0.165. The SMILES string of the molecule is CCCCC/C(C=C(C#N)C#N)=C/c1ccccc1. The van der Waals surface area contributed by atoms with E-state index in [1.807, 2.05) is 48.5 Å². The second kappa shape index (κ2) is 8.72. The maximum absolute atomic E-state index is 8.84. The Bertz CT molecular complexity index is 509. The van der Waals surface area contributed by atoms with Crippen molar-refractivity contribution in [1.29, 1.82) is 10.5 Å². The minimum Gasteiger partial charge on any atom is -0.192 e. The first-order chi connectivity index (χ1) is 9.30. The molecule has 2 heteroatoms. The van der Waals surface area contributed by atoms with Crippen molar-refractivity contribution in [2.75, 3.05) is 0 Å². The molecule has 0 bridgehead atoms. The van der Waals surface area contributed by atoms with Crippen LogP contribution < -0.4 is 0 Å². The van der Waals surface area contributed by atoms with Crippen molar-refractivity contribution >= 4 is 6.08 Å². The van der Waals surface area contributed by atoms with E-state index in [1.165, 1.54) is 0 Å². The van der Waals surface area contributed by atoms with E-state index in [-0.39, 0.29) is 5.57 Å². The van der Waals surface area contributed by atoms with Crippen LogP contribution in [0.15, 0.2) is 47.6 Å². The molecule has 0 aliphatic carbocycles. The Morgan fingerprint density at radius 2 is 1.79 bits per heavy atom. The van der Waals surface area contributed by atoms with Crippen molar-refractivity contribution in [1.82, 2.24) is 0 Å². The summed E-state index contributed by atoms with van der Waals surface area (Å²) in [6.07, 6.45) is 8.04. The summed E-state index contributed by atoms with van der Waals surface area (Å²) in [7, 11) is 0. The van der Waals surface area contributed by atoms with Crippen molar-refractivity contribution in [3.05, 3.63) is 53.1 Å². The van der Waals surface area contributed by atoms with Crippen LogP contribution >= 0.6 is 0 Å². The van der Waals surface area contributed by atoms with Gasteiger partial charge in [-0.15, -0.1) is 0 Å². The fraction of sp³-hybridized carbons (Fsp3) is 0.294. The van der Waals surface area contributed by atoms with Gasteiger partial charge in [0.05, 0.1) is 0 Å². The lowest BCUT2D eigenvalue weighted by atomic mass is 10.0. The van der Waals surface area contributed by atoms with Crippen LogP contribution in [-0.2, 0) is 0 Å². The molecule has 1 rings (SSSR count). The van der Waals surface area contributed by atoms with Crippen molar-refractivity contribution in [2.45, 2.75) is 32.6 Å². The highest BCUT2D eigenvalue weighted by atomic mass is 14.3. The van der Waals surface area contributed by atoms with Gasteiger partial charge in [0.15, 0.2) is 0 Å². The summed E-state index contributed by atoms with van der Waals surface area (Å²) < 4.78 is 0. The maximum Gasteiger partial charge on any atom is 0.129 e. The molecule has 1 aromatic carbocycles. The molecule has 0 fully saturated rings. The van der Waals surface area contributed by atoms with Gasteiger partial charge < -0.3 is 0 Å². The number of unbranched alkanes of at least 4 members (excludes halogenated alkanes) is 2. The molecule has 0 amide bonds. The molecule has 2 nitrogen and oxygen atoms in total. The summed E-state index contributed by atoms with van der Waals surface area (Å²) in [5, 5.41) is 17.7. The highest BCUT2D eigenvalue weighted by molar-refractivity contribution is 5.58. The summed E-state index contributed by atoms with van der Waals surface area (Å²) in [5.74, 6) is 0. The van der Waals surface area contributed by atoms with Crippen molar-refractivity contribution < 1.29 is 0 Å². The fourth-order valence-corrected chi connectivity index (χ4v) is 1.80. The Kier molecular flexibility index (Phi) is 6.77. The first-order valence-corrected chi connectivity index (χ1v) is 6.57. The normalized spacial score (nSPS) is 10.4. The van der Waals surface area contributed by atoms with Gasteiger partial charge in [0.1, 0.15) is 17.7 Å². The van der Waals surface area contributed by atoms with E-state index >= 15 is 0 Å². The van der Waals surface area contributed by atoms with Crippen LogP contribution in [0.5, 0.6) is 0 Å². The van der Waals surface area contributed by atoms with E-state index in [0.29, 0.717) is 0 Å². The van der Waals surface area contributed by atoms with E-state index < -0.39 is 0 Å². The summed E-state index contributed by atoms with van der Waals surface area (Å²) >= 11 is 0. The zero-order chi connectivity index (χ0) is 13.9. The topological polar surface area (TPSA) is 47.6 Å². The molecule has 0 aliphatic heterocycles. The Balaban J connectivity index is 2.93. The van der Waals surface area contributed by atoms with E-state index in [2.05, 4.69) is 6.92 Å². The molecule has 0 atom stereocenters. The monoisotopic (exact) mass is 250 g/mol. The number of nitriles is 2. The number of rotatable bonds is 6. The molecule has 0 heterocycles. The van der Waals surface area contributed by atoms with Crippen molar-refractivity contribution in [2.24, 2.45) is 0 Å². The summed E-state index contributed by atoms with van der Waals surface area (Å²) in [6.45, 7) is 2.16. The third-order valence-corrected chi connectivity index (χ3v) is 2.79. The highest BCUT2D eigenvalue weighted by Crippen LogP contribution is 2.16. The van der Waals surface area contributed by atoms with E-state index in [4.69, 9.17) is 10.5 Å². The predicted octanol–water partition coefficient (Wildman–Crippen LogP) is 4.62. The molecule has 0 unspecified atom stereocenters. The number of hydrogen-bond acceptors (Lipinski definition) is 2. The number of nitrogens with zero attached hydrogens (tertiary/aromatic N) is 2. The molecular weight excluding hydrogens is 232 g/mol. The average Bonchev–Trinajstić information content (AvgIpc) is 2.45. The molecule has 0 aromatic heterocycles. The van der Waals surface area contributed by atoms with Gasteiger partial charge in [-0.05, 0) is 30.1 Å². The van der Waals surface area contributed by atoms with Gasteiger partial charge in [-0.25, -0.2) is 0 Å². The lowest BCUT2D eigenvalue weighted by Gasteiger charge is -2.02. The second-order valence-corrected chi connectivity index (χ2v) is 4.37. The summed E-state index contributed by atoms with van der Waals surface area (Å²) in [6, 6.07) is 13.8. The third-order valence-electron chi connectivity index (χ3n) is 2.79. The van der Waals surface area contributed by atoms with Gasteiger partial charge in [-0.1, -0.05) is 56.2 Å². The van der Waals surface area contributed by atoms with Crippen molar-refractivity contribution in [3.8, 4) is 12.1 Å². The predicted molar refractivity (Wildman–Crippen MR) is 77.9 cm³/mol. The number of hydrogen-bond donors (Lipinski definition) is 0. The quantitative estimate of drug-likeness (QED) is 0.420. The van der Waals surface area contributed by atoms with Crippen LogP contribution in [0.3, 0.4) is 0 Å². The van der Waals surface area contributed by atoms with Crippen LogP contribution in [0, 0.1) is 22.7 Å². The first kappa shape index (κ1) is 14.7. The second-order valence-electron chi connectivity index (χ2n) is 4.37. The molecule has 0 radical (unpaired) electrons. The lowest BCUT2D eigenvalue weighted by molar-refractivity contribution is 0.720. The van der Waals surface area contributed by atoms with Crippen LogP contribution in [0.1, 0.15) is 38.2 Å². The Hall–Kier alpha value is -2.32. The van der Waals surface area contributed by atoms with Crippen LogP contribution in [0.2, 0.25) is 0 Å². The minimum atomic E-state index is 0.165. The first-order valence-electron chi connectivity index (χ1n) is 6.57. The molecule has 1 aromatic rings. The third kappa shape index (κ3) is 5.70. The van der Waals surface area contributed by atoms with Crippen LogP contribution in [0.25, 0.3) is 6.08 Å². The van der Waals surface area contributed by atoms with Crippen LogP contribution in [0.4, 0.5) is 0 Å². The van der Waals surface area contributed by atoms with E-state index in [9.17, 15) is 0 Å². The molecular formula is C17H18N2. The van der Waals surface area contributed by atoms with Gasteiger partial charge in [-0.2, -0.15) is 10.5 Å². The molecule has 0 saturated heterocycles. The Morgan fingerprint density at radius 1 is 1.11 bits per heavy atom. The zero-order valence-corrected chi connectivity index (χ0v) is 11.3. The molecule has 0 N–H and O–H groups in total. The van der Waals surface area contributed by atoms with Crippen LogP contribution in [-0.4, -0.2) is 0 Å². The molecule has 0 spiro atoms. The number of benzene rings is 1. The summed E-state index contributed by atoms with van der Waals surface area (Å²) in [5.41, 5.74) is 2.30. The van der Waals surface area contributed by atoms with Gasteiger partial charge in [0.25, 0.3) is 0 Å². The summed E-state index contributed by atoms with van der Waals surface area (Å²) in [4.78, 5) is 0. The average molecular weight is 250 g/mol. The van der Waals surface area contributed by atoms with Gasteiger partial charge in [0.2, 0.25) is 0 Å². The zero-order valence-electron chi connectivity index (χ0n) is 11.3. The van der Waals surface area contributed by atoms with Crippen molar-refractivity contribution in [3.63, 3.8) is 0 Å². The maximum atomic E-state index is 8.84. The molecule has 96 valence electrons. The molecule has 0 saturated carbocycles. The molecule has 0 aliphatic rings. The van der Waals surface area contributed by atoms with Gasteiger partial charge in [0, 0.05) is 0 Å². The van der Waals surface area contributed by atoms with E-state index in [1.54, 1.807) is 6.08 Å². The Labute approximate surface area is 115 Å². The number of allylic oxidation sites excluding steroid dienone is 3. The van der Waals surface area contributed by atoms with E-state index in [0.717, 1.165) is 36.8 Å². The molecule has 19 heavy (non-hydrogen) atoms. The largest absolute Gasteiger partial charge is 0.192 e. The van der Waals surface area contributed by atoms with Gasteiger partial charge >= 0.3 is 0 Å². The Morgan fingerprint density at radius 3 is 2.37 bits per heavy atom. The fourth-order valence-electron chi connectivity index (χ4n) is 1.80. The lowest BCUT2D eigenvalue weighted by Crippen LogP contribution is -1.84.